The van der Waals surface area contributed by atoms with Crippen molar-refractivity contribution in [1.82, 2.24) is 0 Å². The summed E-state index contributed by atoms with van der Waals surface area (Å²) in [6, 6.07) is 15.6. The molecule has 2 aromatic carbocycles. The van der Waals surface area contributed by atoms with Gasteiger partial charge >= 0.3 is 0 Å². The number of rotatable bonds is 2. The SMILES string of the molecule is Cc1cccc(-c2ccc(C(N)=O)cc2)c1. The summed E-state index contributed by atoms with van der Waals surface area (Å²) in [6.07, 6.45) is 0. The second-order valence-corrected chi connectivity index (χ2v) is 3.81. The van der Waals surface area contributed by atoms with Crippen LogP contribution in [0.5, 0.6) is 0 Å². The Kier molecular flexibility index (Phi) is 2.73. The van der Waals surface area contributed by atoms with Crippen molar-refractivity contribution in [2.45, 2.75) is 6.92 Å². The molecule has 2 aromatic rings. The van der Waals surface area contributed by atoms with Gasteiger partial charge < -0.3 is 5.73 Å². The van der Waals surface area contributed by atoms with E-state index in [0.717, 1.165) is 11.1 Å². The van der Waals surface area contributed by atoms with E-state index < -0.39 is 5.91 Å². The summed E-state index contributed by atoms with van der Waals surface area (Å²) in [4.78, 5) is 10.9. The minimum absolute atomic E-state index is 0.393. The van der Waals surface area contributed by atoms with Gasteiger partial charge in [-0.3, -0.25) is 4.79 Å². The summed E-state index contributed by atoms with van der Waals surface area (Å²) in [5.41, 5.74) is 9.19. The summed E-state index contributed by atoms with van der Waals surface area (Å²) in [5, 5.41) is 0. The molecule has 16 heavy (non-hydrogen) atoms. The van der Waals surface area contributed by atoms with Gasteiger partial charge in [0.05, 0.1) is 0 Å². The topological polar surface area (TPSA) is 43.1 Å². The minimum Gasteiger partial charge on any atom is -0.366 e. The Bertz CT molecular complexity index is 515. The van der Waals surface area contributed by atoms with Gasteiger partial charge in [-0.2, -0.15) is 0 Å². The largest absolute Gasteiger partial charge is 0.366 e. The number of amides is 1. The standard InChI is InChI=1S/C14H13NO/c1-10-3-2-4-13(9-10)11-5-7-12(8-6-11)14(15)16/h2-9H,1H3,(H2,15,16). The molecule has 2 heteroatoms. The smallest absolute Gasteiger partial charge is 0.248 e. The van der Waals surface area contributed by atoms with E-state index in [4.69, 9.17) is 5.73 Å². The lowest BCUT2D eigenvalue weighted by Crippen LogP contribution is -2.10. The molecular weight excluding hydrogens is 198 g/mol. The van der Waals surface area contributed by atoms with Gasteiger partial charge in [0.2, 0.25) is 5.91 Å². The average Bonchev–Trinajstić information content (AvgIpc) is 2.29. The Hall–Kier alpha value is -2.09. The molecule has 2 nitrogen and oxygen atoms in total. The number of primary amides is 1. The summed E-state index contributed by atoms with van der Waals surface area (Å²) in [5.74, 6) is -0.393. The molecule has 0 aliphatic carbocycles. The summed E-state index contributed by atoms with van der Waals surface area (Å²) in [6.45, 7) is 2.06. The van der Waals surface area contributed by atoms with Crippen LogP contribution in [0.3, 0.4) is 0 Å². The zero-order chi connectivity index (χ0) is 11.5. The van der Waals surface area contributed by atoms with Crippen LogP contribution in [0.15, 0.2) is 48.5 Å². The molecule has 1 amide bonds. The van der Waals surface area contributed by atoms with E-state index in [0.29, 0.717) is 5.56 Å². The van der Waals surface area contributed by atoms with Gasteiger partial charge in [0, 0.05) is 5.56 Å². The maximum atomic E-state index is 10.9. The first-order chi connectivity index (χ1) is 7.66. The van der Waals surface area contributed by atoms with E-state index >= 15 is 0 Å². The van der Waals surface area contributed by atoms with Crippen molar-refractivity contribution < 1.29 is 4.79 Å². The van der Waals surface area contributed by atoms with E-state index in [1.54, 1.807) is 12.1 Å². The molecule has 80 valence electrons. The molecule has 0 saturated carbocycles. The molecule has 0 radical (unpaired) electrons. The van der Waals surface area contributed by atoms with Gasteiger partial charge in [-0.15, -0.1) is 0 Å². The van der Waals surface area contributed by atoms with Crippen LogP contribution in [0.2, 0.25) is 0 Å². The highest BCUT2D eigenvalue weighted by molar-refractivity contribution is 5.93. The van der Waals surface area contributed by atoms with Crippen molar-refractivity contribution >= 4 is 5.91 Å². The third-order valence-corrected chi connectivity index (χ3v) is 2.52. The maximum absolute atomic E-state index is 10.9. The monoisotopic (exact) mass is 211 g/mol. The number of carbonyl (C=O) groups excluding carboxylic acids is 1. The summed E-state index contributed by atoms with van der Waals surface area (Å²) < 4.78 is 0. The lowest BCUT2D eigenvalue weighted by molar-refractivity contribution is 0.100. The van der Waals surface area contributed by atoms with Crippen LogP contribution in [-0.4, -0.2) is 5.91 Å². The van der Waals surface area contributed by atoms with Gasteiger partial charge in [-0.05, 0) is 30.2 Å². The van der Waals surface area contributed by atoms with E-state index in [1.165, 1.54) is 5.56 Å². The first-order valence-corrected chi connectivity index (χ1v) is 5.14. The number of benzene rings is 2. The molecule has 2 rings (SSSR count). The van der Waals surface area contributed by atoms with Gasteiger partial charge in [-0.1, -0.05) is 42.0 Å². The van der Waals surface area contributed by atoms with E-state index in [9.17, 15) is 4.79 Å². The lowest BCUT2D eigenvalue weighted by Gasteiger charge is -2.03. The van der Waals surface area contributed by atoms with E-state index in [1.807, 2.05) is 24.3 Å². The highest BCUT2D eigenvalue weighted by Gasteiger charge is 2.01. The quantitative estimate of drug-likeness (QED) is 0.815. The molecule has 2 N–H and O–H groups in total. The van der Waals surface area contributed by atoms with Crippen LogP contribution in [0.4, 0.5) is 0 Å². The number of hydrogen-bond acceptors (Lipinski definition) is 1. The lowest BCUT2D eigenvalue weighted by atomic mass is 10.0. The fourth-order valence-electron chi connectivity index (χ4n) is 1.65. The van der Waals surface area contributed by atoms with Gasteiger partial charge in [0.25, 0.3) is 0 Å². The highest BCUT2D eigenvalue weighted by atomic mass is 16.1. The summed E-state index contributed by atoms with van der Waals surface area (Å²) in [7, 11) is 0. The first-order valence-electron chi connectivity index (χ1n) is 5.14. The molecule has 0 fully saturated rings. The predicted octanol–water partition coefficient (Wildman–Crippen LogP) is 2.76. The first kappa shape index (κ1) is 10.4. The fraction of sp³-hybridized carbons (Fsp3) is 0.0714. The van der Waals surface area contributed by atoms with Crippen LogP contribution in [-0.2, 0) is 0 Å². The van der Waals surface area contributed by atoms with Crippen molar-refractivity contribution in [3.63, 3.8) is 0 Å². The molecule has 0 atom stereocenters. The second-order valence-electron chi connectivity index (χ2n) is 3.81. The molecule has 0 saturated heterocycles. The molecule has 0 spiro atoms. The molecule has 0 aromatic heterocycles. The van der Waals surface area contributed by atoms with Crippen molar-refractivity contribution in [3.8, 4) is 11.1 Å². The second kappa shape index (κ2) is 4.19. The maximum Gasteiger partial charge on any atom is 0.248 e. The van der Waals surface area contributed by atoms with Crippen molar-refractivity contribution in [1.29, 1.82) is 0 Å². The normalized spacial score (nSPS) is 10.1. The van der Waals surface area contributed by atoms with Crippen LogP contribution < -0.4 is 5.73 Å². The molecular formula is C14H13NO. The van der Waals surface area contributed by atoms with Gasteiger partial charge in [0.1, 0.15) is 0 Å². The number of carbonyl (C=O) groups is 1. The average molecular weight is 211 g/mol. The Morgan fingerprint density at radius 2 is 1.69 bits per heavy atom. The van der Waals surface area contributed by atoms with E-state index in [-0.39, 0.29) is 0 Å². The molecule has 0 aliphatic rings. The Labute approximate surface area is 94.7 Å². The van der Waals surface area contributed by atoms with Crippen LogP contribution in [0.1, 0.15) is 15.9 Å². The number of hydrogen-bond donors (Lipinski definition) is 1. The predicted molar refractivity (Wildman–Crippen MR) is 65.1 cm³/mol. The fourth-order valence-corrected chi connectivity index (χ4v) is 1.65. The van der Waals surface area contributed by atoms with Crippen LogP contribution >= 0.6 is 0 Å². The Morgan fingerprint density at radius 3 is 2.25 bits per heavy atom. The molecule has 0 unspecified atom stereocenters. The number of aryl methyl sites for hydroxylation is 1. The Morgan fingerprint density at radius 1 is 1.00 bits per heavy atom. The van der Waals surface area contributed by atoms with E-state index in [2.05, 4.69) is 19.1 Å². The van der Waals surface area contributed by atoms with Crippen LogP contribution in [0.25, 0.3) is 11.1 Å². The minimum atomic E-state index is -0.393. The number of nitrogens with two attached hydrogens (primary N) is 1. The highest BCUT2D eigenvalue weighted by Crippen LogP contribution is 2.20. The zero-order valence-electron chi connectivity index (χ0n) is 9.10. The third-order valence-electron chi connectivity index (χ3n) is 2.52. The Balaban J connectivity index is 2.38. The zero-order valence-corrected chi connectivity index (χ0v) is 9.10. The molecule has 0 aliphatic heterocycles. The van der Waals surface area contributed by atoms with Gasteiger partial charge in [-0.25, -0.2) is 0 Å². The van der Waals surface area contributed by atoms with Crippen molar-refractivity contribution in [2.75, 3.05) is 0 Å². The van der Waals surface area contributed by atoms with Gasteiger partial charge in [0.15, 0.2) is 0 Å². The van der Waals surface area contributed by atoms with Crippen molar-refractivity contribution in [3.05, 3.63) is 59.7 Å². The third kappa shape index (κ3) is 2.11. The molecule has 0 bridgehead atoms. The van der Waals surface area contributed by atoms with Crippen LogP contribution in [0, 0.1) is 6.92 Å². The van der Waals surface area contributed by atoms with Crippen molar-refractivity contribution in [2.24, 2.45) is 5.73 Å². The summed E-state index contributed by atoms with van der Waals surface area (Å²) >= 11 is 0. The molecule has 0 heterocycles.